The van der Waals surface area contributed by atoms with Crippen LogP contribution in [0.5, 0.6) is 17.2 Å². The molecule has 3 aromatic rings. The fourth-order valence-corrected chi connectivity index (χ4v) is 5.57. The average Bonchev–Trinajstić information content (AvgIpc) is 3.06. The second-order valence-corrected chi connectivity index (χ2v) is 11.7. The molecule has 0 aromatic heterocycles. The number of fused-ring (bicyclic) bond motifs is 1. The van der Waals surface area contributed by atoms with Gasteiger partial charge in [-0.1, -0.05) is 42.5 Å². The topological polar surface area (TPSA) is 163 Å². The Bertz CT molecular complexity index is 1610. The van der Waals surface area contributed by atoms with Gasteiger partial charge in [0.05, 0.1) is 13.2 Å². The maximum Gasteiger partial charge on any atom is 0.342 e. The van der Waals surface area contributed by atoms with Crippen molar-refractivity contribution >= 4 is 35.5 Å². The van der Waals surface area contributed by atoms with Crippen LogP contribution in [0.15, 0.2) is 66.7 Å². The fraction of sp³-hybridized carbons (Fsp3) is 0.351. The third-order valence-electron chi connectivity index (χ3n) is 8.07. The number of phenols is 2. The first-order valence-corrected chi connectivity index (χ1v) is 16.1. The van der Waals surface area contributed by atoms with Crippen LogP contribution in [-0.2, 0) is 14.3 Å². The second kappa shape index (κ2) is 17.6. The number of esters is 1. The van der Waals surface area contributed by atoms with E-state index in [9.17, 15) is 29.4 Å². The number of hydrogen-bond acceptors (Lipinski definition) is 8. The molecule has 2 atom stereocenters. The number of carbonyl (C=O) groups excluding carboxylic acids is 4. The number of amides is 3. The molecule has 0 fully saturated rings. The Hall–Kier alpha value is -5.32. The number of para-hydroxylation sites is 1. The van der Waals surface area contributed by atoms with Crippen LogP contribution in [0.4, 0.5) is 10.5 Å². The molecule has 1 aliphatic rings. The lowest BCUT2D eigenvalue weighted by Crippen LogP contribution is -2.37. The molecule has 5 N–H and O–H groups in total. The summed E-state index contributed by atoms with van der Waals surface area (Å²) in [4.78, 5) is 51.2. The van der Waals surface area contributed by atoms with Crippen LogP contribution >= 0.6 is 0 Å². The Morgan fingerprint density at radius 3 is 2.42 bits per heavy atom. The molecular weight excluding hydrogens is 614 g/mol. The molecule has 11 heteroatoms. The van der Waals surface area contributed by atoms with Crippen LogP contribution in [0.3, 0.4) is 0 Å². The van der Waals surface area contributed by atoms with Gasteiger partial charge in [0.1, 0.15) is 28.6 Å². The van der Waals surface area contributed by atoms with Gasteiger partial charge in [-0.25, -0.2) is 9.59 Å². The number of phenolic OH excluding ortho intramolecular Hbond substituents is 2. The number of rotatable bonds is 9. The van der Waals surface area contributed by atoms with E-state index < -0.39 is 35.7 Å². The zero-order chi connectivity index (χ0) is 34.5. The van der Waals surface area contributed by atoms with Crippen molar-refractivity contribution in [3.63, 3.8) is 0 Å². The van der Waals surface area contributed by atoms with Gasteiger partial charge in [-0.15, -0.1) is 0 Å². The van der Waals surface area contributed by atoms with E-state index in [1.807, 2.05) is 6.07 Å². The van der Waals surface area contributed by atoms with Crippen molar-refractivity contribution in [2.24, 2.45) is 0 Å². The smallest absolute Gasteiger partial charge is 0.342 e. The van der Waals surface area contributed by atoms with Gasteiger partial charge in [0.2, 0.25) is 5.91 Å². The number of urea groups is 1. The molecule has 1 aliphatic heterocycles. The van der Waals surface area contributed by atoms with E-state index >= 15 is 0 Å². The van der Waals surface area contributed by atoms with E-state index in [2.05, 4.69) is 16.0 Å². The Morgan fingerprint density at radius 2 is 1.69 bits per heavy atom. The van der Waals surface area contributed by atoms with Crippen molar-refractivity contribution in [3.05, 3.63) is 89.0 Å². The largest absolute Gasteiger partial charge is 0.507 e. The molecule has 3 aromatic carbocycles. The van der Waals surface area contributed by atoms with Gasteiger partial charge in [0, 0.05) is 49.5 Å². The molecular formula is C37H43N3O8. The van der Waals surface area contributed by atoms with Crippen molar-refractivity contribution < 1.29 is 38.9 Å². The zero-order valence-corrected chi connectivity index (χ0v) is 27.3. The summed E-state index contributed by atoms with van der Waals surface area (Å²) in [5.41, 5.74) is 1.35. The van der Waals surface area contributed by atoms with Crippen molar-refractivity contribution in [2.45, 2.75) is 63.9 Å². The molecule has 3 amide bonds. The molecule has 254 valence electrons. The van der Waals surface area contributed by atoms with E-state index in [1.165, 1.54) is 13.2 Å². The van der Waals surface area contributed by atoms with Crippen LogP contribution < -0.4 is 20.7 Å². The van der Waals surface area contributed by atoms with Crippen LogP contribution in [0.25, 0.3) is 6.08 Å². The first kappa shape index (κ1) is 35.5. The second-order valence-electron chi connectivity index (χ2n) is 11.7. The van der Waals surface area contributed by atoms with Gasteiger partial charge in [-0.2, -0.15) is 0 Å². The number of benzene rings is 3. The highest BCUT2D eigenvalue weighted by Crippen LogP contribution is 2.44. The lowest BCUT2D eigenvalue weighted by Gasteiger charge is -2.23. The fourth-order valence-electron chi connectivity index (χ4n) is 5.57. The Labute approximate surface area is 280 Å². The summed E-state index contributed by atoms with van der Waals surface area (Å²) in [7, 11) is 1.53. The first-order chi connectivity index (χ1) is 23.2. The standard InChI is InChI=1S/C37H43N3O8/c1-24-10-9-15-28(41)14-8-3-5-11-26-22-31(42)34(35(44)33(26)36(45)48-24)30(25-16-18-29(47-2)19-17-25)23-32(43)38-20-21-39-37(46)40-27-12-6-4-7-13-27/h4-7,11-13,16-19,22,24,30,42,44H,3,8-10,14-15,20-21,23H2,1-2H3,(H,38,43)(H2,39,40,46)/t24-,30?/m0/s1. The number of carbonyl (C=O) groups is 4. The summed E-state index contributed by atoms with van der Waals surface area (Å²) >= 11 is 0. The number of Topliss-reactive ketones (excluding diaryl/α,β-unsaturated/α-hetero) is 1. The van der Waals surface area contributed by atoms with E-state index in [0.29, 0.717) is 55.5 Å². The number of ether oxygens (including phenoxy) is 2. The molecule has 0 spiro atoms. The van der Waals surface area contributed by atoms with Crippen LogP contribution in [-0.4, -0.2) is 60.2 Å². The van der Waals surface area contributed by atoms with Gasteiger partial charge < -0.3 is 35.6 Å². The highest BCUT2D eigenvalue weighted by molar-refractivity contribution is 5.98. The maximum absolute atomic E-state index is 13.5. The summed E-state index contributed by atoms with van der Waals surface area (Å²) < 4.78 is 11.0. The number of cyclic esters (lactones) is 1. The van der Waals surface area contributed by atoms with Gasteiger partial charge >= 0.3 is 12.0 Å². The van der Waals surface area contributed by atoms with Crippen molar-refractivity contribution in [3.8, 4) is 17.2 Å². The van der Waals surface area contributed by atoms with E-state index in [1.54, 1.807) is 67.6 Å². The van der Waals surface area contributed by atoms with Gasteiger partial charge in [-0.05, 0) is 74.1 Å². The third-order valence-corrected chi connectivity index (χ3v) is 8.07. The van der Waals surface area contributed by atoms with Gasteiger partial charge in [0.25, 0.3) is 0 Å². The molecule has 0 saturated carbocycles. The monoisotopic (exact) mass is 657 g/mol. The van der Waals surface area contributed by atoms with Gasteiger partial charge in [0.15, 0.2) is 0 Å². The number of anilines is 1. The lowest BCUT2D eigenvalue weighted by molar-refractivity contribution is -0.121. The summed E-state index contributed by atoms with van der Waals surface area (Å²) in [5.74, 6) is -2.11. The number of hydrogen-bond donors (Lipinski definition) is 5. The predicted molar refractivity (Wildman–Crippen MR) is 182 cm³/mol. The lowest BCUT2D eigenvalue weighted by atomic mass is 9.84. The average molecular weight is 658 g/mol. The number of aromatic hydroxyl groups is 2. The Morgan fingerprint density at radius 1 is 0.979 bits per heavy atom. The first-order valence-electron chi connectivity index (χ1n) is 16.1. The van der Waals surface area contributed by atoms with Crippen molar-refractivity contribution in [2.75, 3.05) is 25.5 Å². The number of allylic oxidation sites excluding steroid dienone is 1. The zero-order valence-electron chi connectivity index (χ0n) is 27.3. The predicted octanol–water partition coefficient (Wildman–Crippen LogP) is 6.05. The molecule has 48 heavy (non-hydrogen) atoms. The van der Waals surface area contributed by atoms with Crippen molar-refractivity contribution in [1.29, 1.82) is 0 Å². The minimum absolute atomic E-state index is 0.000790. The van der Waals surface area contributed by atoms with E-state index in [-0.39, 0.29) is 47.7 Å². The number of nitrogens with one attached hydrogen (secondary N) is 3. The highest BCUT2D eigenvalue weighted by Gasteiger charge is 2.31. The maximum atomic E-state index is 13.5. The molecule has 1 heterocycles. The number of ketones is 1. The summed E-state index contributed by atoms with van der Waals surface area (Å²) in [6.07, 6.45) is 5.81. The van der Waals surface area contributed by atoms with Crippen LogP contribution in [0, 0.1) is 0 Å². The molecule has 1 unspecified atom stereocenters. The quantitative estimate of drug-likeness (QED) is 0.137. The number of methoxy groups -OCH3 is 1. The summed E-state index contributed by atoms with van der Waals surface area (Å²) in [6, 6.07) is 16.7. The molecule has 0 aliphatic carbocycles. The highest BCUT2D eigenvalue weighted by atomic mass is 16.5. The normalized spacial score (nSPS) is 16.1. The van der Waals surface area contributed by atoms with Crippen molar-refractivity contribution in [1.82, 2.24) is 10.6 Å². The van der Waals surface area contributed by atoms with E-state index in [4.69, 9.17) is 9.47 Å². The van der Waals surface area contributed by atoms with Gasteiger partial charge in [-0.3, -0.25) is 9.59 Å². The SMILES string of the molecule is COc1ccc(C(CC(=O)NCCNC(=O)Nc2ccccc2)c2c(O)cc3c(c2O)C(=O)O[C@@H](C)CCCC(=O)CCCC=C3)cc1. The molecule has 11 nitrogen and oxygen atoms in total. The Balaban J connectivity index is 1.59. The summed E-state index contributed by atoms with van der Waals surface area (Å²) in [5, 5.41) is 31.2. The minimum atomic E-state index is -0.871. The molecule has 4 rings (SSSR count). The van der Waals surface area contributed by atoms with Crippen LogP contribution in [0.1, 0.15) is 84.8 Å². The third kappa shape index (κ3) is 10.1. The Kier molecular flexibility index (Phi) is 13.0. The van der Waals surface area contributed by atoms with Crippen LogP contribution in [0.2, 0.25) is 0 Å². The molecule has 0 radical (unpaired) electrons. The summed E-state index contributed by atoms with van der Waals surface area (Å²) in [6.45, 7) is 2.00. The van der Waals surface area contributed by atoms with E-state index in [0.717, 1.165) is 0 Å². The molecule has 0 bridgehead atoms. The minimum Gasteiger partial charge on any atom is -0.507 e. The molecule has 0 saturated heterocycles.